The molecule has 1 saturated heterocycles. The second kappa shape index (κ2) is 6.86. The van der Waals surface area contributed by atoms with Crippen molar-refractivity contribution in [3.63, 3.8) is 0 Å². The van der Waals surface area contributed by atoms with Gasteiger partial charge >= 0.3 is 5.97 Å². The molecule has 0 saturated carbocycles. The summed E-state index contributed by atoms with van der Waals surface area (Å²) in [5, 5.41) is 3.43. The number of ether oxygens (including phenoxy) is 2. The van der Waals surface area contributed by atoms with Crippen LogP contribution in [0.2, 0.25) is 0 Å². The van der Waals surface area contributed by atoms with Gasteiger partial charge in [0.25, 0.3) is 0 Å². The molecule has 0 radical (unpaired) electrons. The van der Waals surface area contributed by atoms with Crippen LogP contribution in [-0.4, -0.2) is 31.8 Å². The van der Waals surface area contributed by atoms with Gasteiger partial charge in [0.05, 0.1) is 13.2 Å². The fraction of sp³-hybridized carbons (Fsp3) is 0.562. The molecule has 0 aromatic heterocycles. The summed E-state index contributed by atoms with van der Waals surface area (Å²) in [5.74, 6) is -0.224. The van der Waals surface area contributed by atoms with E-state index in [0.29, 0.717) is 19.6 Å². The van der Waals surface area contributed by atoms with Crippen molar-refractivity contribution in [3.05, 3.63) is 35.9 Å². The molecule has 1 unspecified atom stereocenters. The van der Waals surface area contributed by atoms with Crippen LogP contribution >= 0.6 is 0 Å². The second-order valence-corrected chi connectivity index (χ2v) is 6.01. The molecule has 20 heavy (non-hydrogen) atoms. The topological polar surface area (TPSA) is 47.6 Å². The minimum atomic E-state index is -0.372. The lowest BCUT2D eigenvalue weighted by Gasteiger charge is -2.26. The summed E-state index contributed by atoms with van der Waals surface area (Å²) in [5.41, 5.74) is 1.25. The van der Waals surface area contributed by atoms with Crippen molar-refractivity contribution < 1.29 is 14.3 Å². The molecule has 0 bridgehead atoms. The van der Waals surface area contributed by atoms with Crippen molar-refractivity contribution >= 4 is 5.97 Å². The predicted molar refractivity (Wildman–Crippen MR) is 77.2 cm³/mol. The molecule has 110 valence electrons. The van der Waals surface area contributed by atoms with Gasteiger partial charge in [0.15, 0.2) is 6.10 Å². The van der Waals surface area contributed by atoms with E-state index in [0.717, 1.165) is 13.1 Å². The van der Waals surface area contributed by atoms with Crippen LogP contribution in [0.4, 0.5) is 0 Å². The molecule has 4 heteroatoms. The van der Waals surface area contributed by atoms with Crippen molar-refractivity contribution in [2.75, 3.05) is 19.8 Å². The number of hydrogen-bond acceptors (Lipinski definition) is 4. The summed E-state index contributed by atoms with van der Waals surface area (Å²) in [6, 6.07) is 10.3. The summed E-state index contributed by atoms with van der Waals surface area (Å²) in [4.78, 5) is 11.3. The Labute approximate surface area is 120 Å². The van der Waals surface area contributed by atoms with Crippen molar-refractivity contribution in [3.8, 4) is 0 Å². The Bertz CT molecular complexity index is 431. The zero-order valence-electron chi connectivity index (χ0n) is 12.2. The molecule has 1 N–H and O–H groups in total. The Morgan fingerprint density at radius 1 is 1.35 bits per heavy atom. The van der Waals surface area contributed by atoms with E-state index >= 15 is 0 Å². The van der Waals surface area contributed by atoms with E-state index in [1.54, 1.807) is 0 Å². The lowest BCUT2D eigenvalue weighted by atomic mass is 9.94. The van der Waals surface area contributed by atoms with E-state index < -0.39 is 0 Å². The van der Waals surface area contributed by atoms with E-state index in [2.05, 4.69) is 31.3 Å². The summed E-state index contributed by atoms with van der Waals surface area (Å²) in [7, 11) is 0. The van der Waals surface area contributed by atoms with Crippen LogP contribution in [0.25, 0.3) is 0 Å². The number of rotatable bonds is 7. The Morgan fingerprint density at radius 3 is 2.75 bits per heavy atom. The van der Waals surface area contributed by atoms with Gasteiger partial charge in [0.2, 0.25) is 0 Å². The van der Waals surface area contributed by atoms with Crippen LogP contribution in [0.15, 0.2) is 30.3 Å². The van der Waals surface area contributed by atoms with Gasteiger partial charge in [-0.2, -0.15) is 0 Å². The standard InChI is InChI=1S/C16H23NO3/c1-16(2,12-20-14-8-9-19-15(14)18)11-17-10-13-6-4-3-5-7-13/h3-7,14,17H,8-12H2,1-2H3. The maximum Gasteiger partial charge on any atom is 0.335 e. The molecule has 4 nitrogen and oxygen atoms in total. The van der Waals surface area contributed by atoms with Crippen molar-refractivity contribution in [1.29, 1.82) is 0 Å². The Kier molecular flexibility index (Phi) is 5.15. The molecule has 1 fully saturated rings. The molecule has 1 aliphatic heterocycles. The average Bonchev–Trinajstić information content (AvgIpc) is 2.83. The van der Waals surface area contributed by atoms with E-state index in [-0.39, 0.29) is 17.5 Å². The number of carbonyl (C=O) groups excluding carboxylic acids is 1. The molecular formula is C16H23NO3. The highest BCUT2D eigenvalue weighted by Gasteiger charge is 2.29. The SMILES string of the molecule is CC(C)(CNCc1ccccc1)COC1CCOC1=O. The monoisotopic (exact) mass is 277 g/mol. The van der Waals surface area contributed by atoms with Gasteiger partial charge in [-0.05, 0) is 5.56 Å². The maximum atomic E-state index is 11.3. The fourth-order valence-electron chi connectivity index (χ4n) is 2.15. The van der Waals surface area contributed by atoms with Gasteiger partial charge in [-0.25, -0.2) is 4.79 Å². The Morgan fingerprint density at radius 2 is 2.10 bits per heavy atom. The highest BCUT2D eigenvalue weighted by Crippen LogP contribution is 2.18. The van der Waals surface area contributed by atoms with Crippen LogP contribution in [0.1, 0.15) is 25.8 Å². The summed E-state index contributed by atoms with van der Waals surface area (Å²) in [6.07, 6.45) is 0.301. The first-order valence-corrected chi connectivity index (χ1v) is 7.10. The molecule has 0 amide bonds. The van der Waals surface area contributed by atoms with Crippen LogP contribution in [0.5, 0.6) is 0 Å². The summed E-state index contributed by atoms with van der Waals surface area (Å²) >= 11 is 0. The van der Waals surface area contributed by atoms with E-state index in [9.17, 15) is 4.79 Å². The minimum absolute atomic E-state index is 0.0162. The predicted octanol–water partition coefficient (Wildman–Crippen LogP) is 2.13. The summed E-state index contributed by atoms with van der Waals surface area (Å²) < 4.78 is 10.6. The smallest absolute Gasteiger partial charge is 0.335 e. The Hall–Kier alpha value is -1.39. The number of cyclic esters (lactones) is 1. The highest BCUT2D eigenvalue weighted by molar-refractivity contribution is 5.76. The van der Waals surface area contributed by atoms with Gasteiger partial charge in [-0.3, -0.25) is 0 Å². The normalized spacial score (nSPS) is 19.1. The van der Waals surface area contributed by atoms with Gasteiger partial charge < -0.3 is 14.8 Å². The number of nitrogens with one attached hydrogen (secondary N) is 1. The second-order valence-electron chi connectivity index (χ2n) is 6.01. The number of carbonyl (C=O) groups is 1. The molecule has 1 aromatic rings. The zero-order chi connectivity index (χ0) is 14.4. The first-order chi connectivity index (χ1) is 9.57. The number of esters is 1. The molecule has 0 spiro atoms. The molecule has 1 heterocycles. The minimum Gasteiger partial charge on any atom is -0.464 e. The number of benzene rings is 1. The highest BCUT2D eigenvalue weighted by atomic mass is 16.6. The quantitative estimate of drug-likeness (QED) is 0.776. The largest absolute Gasteiger partial charge is 0.464 e. The zero-order valence-corrected chi connectivity index (χ0v) is 12.2. The van der Waals surface area contributed by atoms with Crippen LogP contribution in [-0.2, 0) is 20.8 Å². The van der Waals surface area contributed by atoms with Gasteiger partial charge in [-0.15, -0.1) is 0 Å². The maximum absolute atomic E-state index is 11.3. The van der Waals surface area contributed by atoms with Crippen molar-refractivity contribution in [2.45, 2.75) is 32.9 Å². The third-order valence-electron chi connectivity index (χ3n) is 3.34. The molecule has 1 aliphatic rings. The lowest BCUT2D eigenvalue weighted by molar-refractivity contribution is -0.148. The average molecular weight is 277 g/mol. The third-order valence-corrected chi connectivity index (χ3v) is 3.34. The first-order valence-electron chi connectivity index (χ1n) is 7.10. The van der Waals surface area contributed by atoms with Gasteiger partial charge in [0, 0.05) is 24.9 Å². The van der Waals surface area contributed by atoms with Crippen LogP contribution < -0.4 is 5.32 Å². The molecular weight excluding hydrogens is 254 g/mol. The summed E-state index contributed by atoms with van der Waals surface area (Å²) in [6.45, 7) is 6.97. The van der Waals surface area contributed by atoms with Crippen molar-refractivity contribution in [2.24, 2.45) is 5.41 Å². The van der Waals surface area contributed by atoms with E-state index in [1.165, 1.54) is 5.56 Å². The first kappa shape index (κ1) is 15.0. The molecule has 1 atom stereocenters. The molecule has 0 aliphatic carbocycles. The molecule has 1 aromatic carbocycles. The van der Waals surface area contributed by atoms with E-state index in [1.807, 2.05) is 18.2 Å². The number of hydrogen-bond donors (Lipinski definition) is 1. The van der Waals surface area contributed by atoms with Gasteiger partial charge in [0.1, 0.15) is 0 Å². The molecule has 2 rings (SSSR count). The van der Waals surface area contributed by atoms with Crippen LogP contribution in [0, 0.1) is 5.41 Å². The third kappa shape index (κ3) is 4.62. The fourth-order valence-corrected chi connectivity index (χ4v) is 2.15. The van der Waals surface area contributed by atoms with Crippen molar-refractivity contribution in [1.82, 2.24) is 5.32 Å². The van der Waals surface area contributed by atoms with E-state index in [4.69, 9.17) is 9.47 Å². The Balaban J connectivity index is 1.69. The lowest BCUT2D eigenvalue weighted by Crippen LogP contribution is -2.35. The van der Waals surface area contributed by atoms with Gasteiger partial charge in [-0.1, -0.05) is 44.2 Å². The van der Waals surface area contributed by atoms with Crippen LogP contribution in [0.3, 0.4) is 0 Å².